The minimum atomic E-state index is 0.163. The van der Waals surface area contributed by atoms with Crippen molar-refractivity contribution in [1.29, 1.82) is 0 Å². The predicted molar refractivity (Wildman–Crippen MR) is 74.6 cm³/mol. The van der Waals surface area contributed by atoms with E-state index in [1.807, 2.05) is 38.1 Å². The summed E-state index contributed by atoms with van der Waals surface area (Å²) in [7, 11) is 0. The topological polar surface area (TPSA) is 38.3 Å². The van der Waals surface area contributed by atoms with Gasteiger partial charge in [0.15, 0.2) is 5.78 Å². The number of fused-ring (bicyclic) bond motifs is 2. The molecule has 3 unspecified atom stereocenters. The van der Waals surface area contributed by atoms with E-state index < -0.39 is 0 Å². The van der Waals surface area contributed by atoms with Crippen LogP contribution in [0.4, 0.5) is 0 Å². The molecule has 19 heavy (non-hydrogen) atoms. The van der Waals surface area contributed by atoms with Crippen molar-refractivity contribution in [2.24, 2.45) is 5.92 Å². The van der Waals surface area contributed by atoms with Gasteiger partial charge in [-0.2, -0.15) is 0 Å². The first-order valence-electron chi connectivity index (χ1n) is 7.20. The fourth-order valence-electron chi connectivity index (χ4n) is 3.30. The van der Waals surface area contributed by atoms with Crippen LogP contribution in [0.2, 0.25) is 0 Å². The van der Waals surface area contributed by atoms with E-state index in [-0.39, 0.29) is 17.8 Å². The van der Waals surface area contributed by atoms with E-state index in [1.54, 1.807) is 0 Å². The van der Waals surface area contributed by atoms with Crippen LogP contribution >= 0.6 is 0 Å². The number of ketones is 1. The summed E-state index contributed by atoms with van der Waals surface area (Å²) in [6.07, 6.45) is 3.55. The molecule has 102 valence electrons. The highest BCUT2D eigenvalue weighted by Crippen LogP contribution is 2.35. The summed E-state index contributed by atoms with van der Waals surface area (Å²) in [5, 5.41) is 3.52. The highest BCUT2D eigenvalue weighted by Gasteiger charge is 2.42. The van der Waals surface area contributed by atoms with E-state index in [9.17, 15) is 4.79 Å². The number of benzene rings is 1. The molecule has 0 saturated carbocycles. The van der Waals surface area contributed by atoms with Crippen molar-refractivity contribution in [2.75, 3.05) is 0 Å². The molecule has 3 rings (SSSR count). The van der Waals surface area contributed by atoms with Crippen LogP contribution in [0.15, 0.2) is 24.3 Å². The van der Waals surface area contributed by atoms with Gasteiger partial charge in [-0.05, 0) is 57.4 Å². The largest absolute Gasteiger partial charge is 0.491 e. The van der Waals surface area contributed by atoms with Gasteiger partial charge in [0.25, 0.3) is 0 Å². The summed E-state index contributed by atoms with van der Waals surface area (Å²) in [5.41, 5.74) is 0.815. The first-order valence-corrected chi connectivity index (χ1v) is 7.20. The van der Waals surface area contributed by atoms with Crippen molar-refractivity contribution in [2.45, 2.75) is 51.3 Å². The van der Waals surface area contributed by atoms with Crippen molar-refractivity contribution in [3.63, 3.8) is 0 Å². The predicted octanol–water partition coefficient (Wildman–Crippen LogP) is 2.80. The highest BCUT2D eigenvalue weighted by atomic mass is 16.5. The molecule has 2 saturated heterocycles. The summed E-state index contributed by atoms with van der Waals surface area (Å²) in [4.78, 5) is 12.5. The van der Waals surface area contributed by atoms with Crippen LogP contribution in [0.25, 0.3) is 0 Å². The third kappa shape index (κ3) is 2.52. The molecule has 2 fully saturated rings. The van der Waals surface area contributed by atoms with Gasteiger partial charge in [-0.3, -0.25) is 4.79 Å². The second kappa shape index (κ2) is 4.97. The van der Waals surface area contributed by atoms with Crippen molar-refractivity contribution in [1.82, 2.24) is 5.32 Å². The molecule has 0 aromatic heterocycles. The normalized spacial score (nSPS) is 28.9. The Hall–Kier alpha value is -1.35. The first-order chi connectivity index (χ1) is 9.13. The van der Waals surface area contributed by atoms with Crippen molar-refractivity contribution in [3.05, 3.63) is 29.8 Å². The minimum Gasteiger partial charge on any atom is -0.491 e. The summed E-state index contributed by atoms with van der Waals surface area (Å²) in [6.45, 7) is 4.00. The number of ether oxygens (including phenoxy) is 1. The standard InChI is InChI=1S/C16H21NO2/c1-10(2)19-13-6-3-11(4-7-13)16(18)14-9-12-5-8-15(14)17-12/h3-4,6-7,10,12,14-15,17H,5,8-9H2,1-2H3. The Kier molecular flexibility index (Phi) is 3.31. The lowest BCUT2D eigenvalue weighted by Gasteiger charge is -2.19. The molecular formula is C16H21NO2. The summed E-state index contributed by atoms with van der Waals surface area (Å²) >= 11 is 0. The van der Waals surface area contributed by atoms with Gasteiger partial charge in [-0.1, -0.05) is 0 Å². The van der Waals surface area contributed by atoms with Crippen LogP contribution in [0.3, 0.4) is 0 Å². The van der Waals surface area contributed by atoms with Gasteiger partial charge >= 0.3 is 0 Å². The average Bonchev–Trinajstić information content (AvgIpc) is 3.00. The molecule has 2 bridgehead atoms. The second-order valence-corrected chi connectivity index (χ2v) is 5.94. The zero-order valence-electron chi connectivity index (χ0n) is 11.6. The number of rotatable bonds is 4. The van der Waals surface area contributed by atoms with Crippen molar-refractivity contribution in [3.8, 4) is 5.75 Å². The molecule has 2 aliphatic heterocycles. The van der Waals surface area contributed by atoms with E-state index >= 15 is 0 Å². The molecule has 2 heterocycles. The zero-order chi connectivity index (χ0) is 13.4. The summed E-state index contributed by atoms with van der Waals surface area (Å²) in [5.74, 6) is 1.30. The van der Waals surface area contributed by atoms with Gasteiger partial charge in [0.1, 0.15) is 5.75 Å². The maximum atomic E-state index is 12.5. The first kappa shape index (κ1) is 12.7. The summed E-state index contributed by atoms with van der Waals surface area (Å²) < 4.78 is 5.60. The Morgan fingerprint density at radius 1 is 1.26 bits per heavy atom. The average molecular weight is 259 g/mol. The summed E-state index contributed by atoms with van der Waals surface area (Å²) in [6, 6.07) is 8.56. The van der Waals surface area contributed by atoms with Crippen LogP contribution in [0.5, 0.6) is 5.75 Å². The Morgan fingerprint density at radius 3 is 2.53 bits per heavy atom. The van der Waals surface area contributed by atoms with Crippen LogP contribution in [-0.4, -0.2) is 24.0 Å². The number of carbonyl (C=O) groups is 1. The van der Waals surface area contributed by atoms with E-state index in [2.05, 4.69) is 5.32 Å². The smallest absolute Gasteiger partial charge is 0.167 e. The van der Waals surface area contributed by atoms with Gasteiger partial charge in [-0.25, -0.2) is 0 Å². The van der Waals surface area contributed by atoms with Crippen molar-refractivity contribution < 1.29 is 9.53 Å². The number of nitrogens with one attached hydrogen (secondary N) is 1. The maximum absolute atomic E-state index is 12.5. The molecule has 3 heteroatoms. The molecule has 0 radical (unpaired) electrons. The third-order valence-electron chi connectivity index (χ3n) is 4.15. The van der Waals surface area contributed by atoms with Crippen LogP contribution < -0.4 is 10.1 Å². The zero-order valence-corrected chi connectivity index (χ0v) is 11.6. The minimum absolute atomic E-state index is 0.163. The van der Waals surface area contributed by atoms with E-state index in [1.165, 1.54) is 6.42 Å². The molecule has 0 spiro atoms. The van der Waals surface area contributed by atoms with Crippen LogP contribution in [0, 0.1) is 5.92 Å². The molecule has 0 amide bonds. The number of hydrogen-bond acceptors (Lipinski definition) is 3. The van der Waals surface area contributed by atoms with Crippen molar-refractivity contribution >= 4 is 5.78 Å². The lowest BCUT2D eigenvalue weighted by Crippen LogP contribution is -2.28. The molecule has 0 aliphatic carbocycles. The Morgan fingerprint density at radius 2 is 2.00 bits per heavy atom. The fraction of sp³-hybridized carbons (Fsp3) is 0.562. The maximum Gasteiger partial charge on any atom is 0.167 e. The monoisotopic (exact) mass is 259 g/mol. The molecule has 3 nitrogen and oxygen atoms in total. The number of hydrogen-bond donors (Lipinski definition) is 1. The van der Waals surface area contributed by atoms with E-state index in [4.69, 9.17) is 4.74 Å². The van der Waals surface area contributed by atoms with E-state index in [0.717, 1.165) is 24.2 Å². The molecule has 2 aliphatic rings. The lowest BCUT2D eigenvalue weighted by molar-refractivity contribution is 0.0901. The molecule has 1 aromatic carbocycles. The fourth-order valence-corrected chi connectivity index (χ4v) is 3.30. The third-order valence-corrected chi connectivity index (χ3v) is 4.15. The van der Waals surface area contributed by atoms with Crippen LogP contribution in [-0.2, 0) is 0 Å². The SMILES string of the molecule is CC(C)Oc1ccc(C(=O)C2CC3CCC2N3)cc1. The number of Topliss-reactive ketones (excluding diaryl/α,β-unsaturated/α-hetero) is 1. The molecule has 1 aromatic rings. The lowest BCUT2D eigenvalue weighted by atomic mass is 9.84. The van der Waals surface area contributed by atoms with Gasteiger partial charge < -0.3 is 10.1 Å². The van der Waals surface area contributed by atoms with Crippen LogP contribution in [0.1, 0.15) is 43.5 Å². The highest BCUT2D eigenvalue weighted by molar-refractivity contribution is 5.98. The Labute approximate surface area is 114 Å². The molecule has 1 N–H and O–H groups in total. The van der Waals surface area contributed by atoms with Gasteiger partial charge in [0, 0.05) is 23.6 Å². The quantitative estimate of drug-likeness (QED) is 0.845. The Bertz CT molecular complexity index is 466. The van der Waals surface area contributed by atoms with Gasteiger partial charge in [0.05, 0.1) is 6.10 Å². The number of carbonyl (C=O) groups excluding carboxylic acids is 1. The molecule has 3 atom stereocenters. The Balaban J connectivity index is 1.70. The second-order valence-electron chi connectivity index (χ2n) is 5.94. The van der Waals surface area contributed by atoms with E-state index in [0.29, 0.717) is 12.1 Å². The van der Waals surface area contributed by atoms with Gasteiger partial charge in [0.2, 0.25) is 0 Å². The van der Waals surface area contributed by atoms with Gasteiger partial charge in [-0.15, -0.1) is 0 Å². The molecular weight excluding hydrogens is 238 g/mol.